The van der Waals surface area contributed by atoms with Crippen LogP contribution in [0.25, 0.3) is 0 Å². The van der Waals surface area contributed by atoms with Crippen LogP contribution < -0.4 is 0 Å². The van der Waals surface area contributed by atoms with Crippen molar-refractivity contribution in [2.75, 3.05) is 13.2 Å². The molecule has 0 saturated carbocycles. The van der Waals surface area contributed by atoms with E-state index in [1.54, 1.807) is 12.1 Å². The van der Waals surface area contributed by atoms with Gasteiger partial charge in [-0.05, 0) is 23.3 Å². The summed E-state index contributed by atoms with van der Waals surface area (Å²) >= 11 is 0. The maximum atomic E-state index is 13.2. The third kappa shape index (κ3) is 4.86. The van der Waals surface area contributed by atoms with Gasteiger partial charge in [-0.1, -0.05) is 42.5 Å². The first-order chi connectivity index (χ1) is 10.7. The van der Waals surface area contributed by atoms with Gasteiger partial charge in [0.25, 0.3) is 0 Å². The minimum Gasteiger partial charge on any atom is -0.445 e. The highest BCUT2D eigenvalue weighted by molar-refractivity contribution is 5.67. The van der Waals surface area contributed by atoms with Crippen LogP contribution in [0.3, 0.4) is 0 Å². The zero-order valence-electron chi connectivity index (χ0n) is 12.1. The van der Waals surface area contributed by atoms with Crippen LogP contribution in [0.1, 0.15) is 11.1 Å². The lowest BCUT2D eigenvalue weighted by Crippen LogP contribution is -2.33. The van der Waals surface area contributed by atoms with E-state index in [4.69, 9.17) is 9.84 Å². The van der Waals surface area contributed by atoms with Gasteiger partial charge in [-0.25, -0.2) is 9.18 Å². The first kappa shape index (κ1) is 16.0. The minimum absolute atomic E-state index is 0.129. The number of hydrogen-bond donors (Lipinski definition) is 1. The van der Waals surface area contributed by atoms with Crippen molar-refractivity contribution in [2.24, 2.45) is 0 Å². The molecular formula is C17H18FNO3. The van der Waals surface area contributed by atoms with Crippen LogP contribution in [0, 0.1) is 5.82 Å². The number of benzene rings is 2. The van der Waals surface area contributed by atoms with Crippen molar-refractivity contribution in [2.45, 2.75) is 13.2 Å². The SMILES string of the molecule is O=C(OCc1ccccc1)N(CCO)Cc1cccc(F)c1. The lowest BCUT2D eigenvalue weighted by atomic mass is 10.2. The fourth-order valence-corrected chi connectivity index (χ4v) is 2.02. The van der Waals surface area contributed by atoms with E-state index in [0.717, 1.165) is 5.56 Å². The zero-order valence-corrected chi connectivity index (χ0v) is 12.1. The summed E-state index contributed by atoms with van der Waals surface area (Å²) in [4.78, 5) is 13.4. The van der Waals surface area contributed by atoms with Crippen molar-refractivity contribution in [3.63, 3.8) is 0 Å². The highest BCUT2D eigenvalue weighted by Crippen LogP contribution is 2.10. The summed E-state index contributed by atoms with van der Waals surface area (Å²) in [6.07, 6.45) is -0.540. The maximum Gasteiger partial charge on any atom is 0.410 e. The van der Waals surface area contributed by atoms with E-state index in [9.17, 15) is 9.18 Å². The largest absolute Gasteiger partial charge is 0.445 e. The van der Waals surface area contributed by atoms with Gasteiger partial charge in [0, 0.05) is 13.1 Å². The van der Waals surface area contributed by atoms with Crippen molar-refractivity contribution < 1.29 is 19.0 Å². The number of carbonyl (C=O) groups excluding carboxylic acids is 1. The van der Waals surface area contributed by atoms with E-state index >= 15 is 0 Å². The van der Waals surface area contributed by atoms with Crippen molar-refractivity contribution >= 4 is 6.09 Å². The molecule has 0 bridgehead atoms. The lowest BCUT2D eigenvalue weighted by molar-refractivity contribution is 0.0858. The Bertz CT molecular complexity index is 604. The van der Waals surface area contributed by atoms with Gasteiger partial charge >= 0.3 is 6.09 Å². The Hall–Kier alpha value is -2.40. The molecule has 0 atom stereocenters. The fraction of sp³-hybridized carbons (Fsp3) is 0.235. The Morgan fingerprint density at radius 1 is 1.09 bits per heavy atom. The lowest BCUT2D eigenvalue weighted by Gasteiger charge is -2.21. The maximum absolute atomic E-state index is 13.2. The third-order valence-corrected chi connectivity index (χ3v) is 3.10. The summed E-state index contributed by atoms with van der Waals surface area (Å²) in [5.41, 5.74) is 1.52. The number of ether oxygens (including phenoxy) is 1. The number of amides is 1. The molecule has 0 heterocycles. The summed E-state index contributed by atoms with van der Waals surface area (Å²) in [5, 5.41) is 9.08. The van der Waals surface area contributed by atoms with Gasteiger partial charge < -0.3 is 14.7 Å². The van der Waals surface area contributed by atoms with Crippen LogP contribution in [0.5, 0.6) is 0 Å². The topological polar surface area (TPSA) is 49.8 Å². The van der Waals surface area contributed by atoms with Crippen molar-refractivity contribution in [3.8, 4) is 0 Å². The van der Waals surface area contributed by atoms with Gasteiger partial charge in [-0.2, -0.15) is 0 Å². The molecule has 2 rings (SSSR count). The molecule has 0 aliphatic heterocycles. The van der Waals surface area contributed by atoms with Crippen LogP contribution >= 0.6 is 0 Å². The highest BCUT2D eigenvalue weighted by atomic mass is 19.1. The van der Waals surface area contributed by atoms with Crippen LogP contribution in [0.2, 0.25) is 0 Å². The van der Waals surface area contributed by atoms with E-state index in [0.29, 0.717) is 5.56 Å². The molecule has 5 heteroatoms. The number of aliphatic hydroxyl groups excluding tert-OH is 1. The highest BCUT2D eigenvalue weighted by Gasteiger charge is 2.15. The van der Waals surface area contributed by atoms with Gasteiger partial charge in [-0.3, -0.25) is 0 Å². The van der Waals surface area contributed by atoms with E-state index in [2.05, 4.69) is 0 Å². The molecule has 1 amide bonds. The van der Waals surface area contributed by atoms with Gasteiger partial charge in [-0.15, -0.1) is 0 Å². The minimum atomic E-state index is -0.540. The molecule has 0 unspecified atom stereocenters. The average molecular weight is 303 g/mol. The van der Waals surface area contributed by atoms with Crippen LogP contribution in [0.4, 0.5) is 9.18 Å². The Balaban J connectivity index is 1.96. The third-order valence-electron chi connectivity index (χ3n) is 3.10. The van der Waals surface area contributed by atoms with E-state index < -0.39 is 6.09 Å². The second-order valence-corrected chi connectivity index (χ2v) is 4.82. The molecule has 116 valence electrons. The average Bonchev–Trinajstić information content (AvgIpc) is 2.53. The standard InChI is InChI=1S/C17H18FNO3/c18-16-8-4-7-15(11-16)12-19(9-10-20)17(21)22-13-14-5-2-1-3-6-14/h1-8,11,20H,9-10,12-13H2. The molecule has 0 saturated heterocycles. The predicted octanol–water partition coefficient (Wildman–Crippen LogP) is 2.96. The Morgan fingerprint density at radius 3 is 2.50 bits per heavy atom. The molecule has 4 nitrogen and oxygen atoms in total. The number of hydrogen-bond acceptors (Lipinski definition) is 3. The van der Waals surface area contributed by atoms with Gasteiger partial charge in [0.1, 0.15) is 12.4 Å². The van der Waals surface area contributed by atoms with Gasteiger partial charge in [0.05, 0.1) is 6.61 Å². The number of nitrogens with zero attached hydrogens (tertiary/aromatic N) is 1. The molecule has 0 aromatic heterocycles. The predicted molar refractivity (Wildman–Crippen MR) is 80.5 cm³/mol. The second-order valence-electron chi connectivity index (χ2n) is 4.82. The molecule has 2 aromatic rings. The van der Waals surface area contributed by atoms with E-state index in [-0.39, 0.29) is 32.1 Å². The first-order valence-corrected chi connectivity index (χ1v) is 7.00. The fourth-order valence-electron chi connectivity index (χ4n) is 2.02. The first-order valence-electron chi connectivity index (χ1n) is 7.00. The Labute approximate surface area is 128 Å². The van der Waals surface area contributed by atoms with E-state index in [1.165, 1.54) is 17.0 Å². The molecule has 0 aliphatic carbocycles. The van der Waals surface area contributed by atoms with Crippen LogP contribution in [-0.2, 0) is 17.9 Å². The molecule has 1 N–H and O–H groups in total. The van der Waals surface area contributed by atoms with Crippen LogP contribution in [-0.4, -0.2) is 29.3 Å². The molecular weight excluding hydrogens is 285 g/mol. The normalized spacial score (nSPS) is 10.3. The number of carbonyl (C=O) groups is 1. The quantitative estimate of drug-likeness (QED) is 0.892. The smallest absolute Gasteiger partial charge is 0.410 e. The molecule has 0 spiro atoms. The molecule has 2 aromatic carbocycles. The summed E-state index contributed by atoms with van der Waals surface area (Å²) in [5.74, 6) is -0.362. The summed E-state index contributed by atoms with van der Waals surface area (Å²) < 4.78 is 18.4. The van der Waals surface area contributed by atoms with Crippen LogP contribution in [0.15, 0.2) is 54.6 Å². The second kappa shape index (κ2) is 8.14. The number of aliphatic hydroxyl groups is 1. The molecule has 0 aliphatic rings. The zero-order chi connectivity index (χ0) is 15.8. The van der Waals surface area contributed by atoms with E-state index in [1.807, 2.05) is 30.3 Å². The van der Waals surface area contributed by atoms with Crippen molar-refractivity contribution in [1.29, 1.82) is 0 Å². The number of halogens is 1. The Morgan fingerprint density at radius 2 is 1.82 bits per heavy atom. The molecule has 0 fully saturated rings. The monoisotopic (exact) mass is 303 g/mol. The Kier molecular flexibility index (Phi) is 5.91. The van der Waals surface area contributed by atoms with Crippen molar-refractivity contribution in [3.05, 3.63) is 71.5 Å². The number of rotatable bonds is 6. The molecule has 0 radical (unpaired) electrons. The molecule has 22 heavy (non-hydrogen) atoms. The van der Waals surface area contributed by atoms with Crippen molar-refractivity contribution in [1.82, 2.24) is 4.90 Å². The van der Waals surface area contributed by atoms with Gasteiger partial charge in [0.2, 0.25) is 0 Å². The summed E-state index contributed by atoms with van der Waals surface area (Å²) in [6, 6.07) is 15.3. The summed E-state index contributed by atoms with van der Waals surface area (Å²) in [6.45, 7) is 0.288. The summed E-state index contributed by atoms with van der Waals surface area (Å²) in [7, 11) is 0. The van der Waals surface area contributed by atoms with Gasteiger partial charge in [0.15, 0.2) is 0 Å².